The fourth-order valence-corrected chi connectivity index (χ4v) is 3.98. The third-order valence-corrected chi connectivity index (χ3v) is 5.71. The van der Waals surface area contributed by atoms with Crippen LogP contribution in [0.4, 0.5) is 0 Å². The molecule has 1 unspecified atom stereocenters. The van der Waals surface area contributed by atoms with E-state index in [-0.39, 0.29) is 30.1 Å². The summed E-state index contributed by atoms with van der Waals surface area (Å²) in [6.45, 7) is 9.91. The van der Waals surface area contributed by atoms with Crippen molar-refractivity contribution in [2.24, 2.45) is 4.99 Å². The number of nitrogens with one attached hydrogen (secondary N) is 2. The number of aliphatic imine (C=N–C) groups is 1. The van der Waals surface area contributed by atoms with Crippen molar-refractivity contribution in [1.82, 2.24) is 15.6 Å². The predicted molar refractivity (Wildman–Crippen MR) is 134 cm³/mol. The number of rotatable bonds is 9. The van der Waals surface area contributed by atoms with Crippen LogP contribution in [0.2, 0.25) is 0 Å². The van der Waals surface area contributed by atoms with E-state index in [1.165, 1.54) is 10.6 Å². The Balaban J connectivity index is 0.00000320. The van der Waals surface area contributed by atoms with Gasteiger partial charge in [0.25, 0.3) is 0 Å². The quantitative estimate of drug-likeness (QED) is 0.214. The number of thiazole rings is 1. The molecule has 1 aliphatic heterocycles. The summed E-state index contributed by atoms with van der Waals surface area (Å²) in [6, 6.07) is 6.32. The fourth-order valence-electron chi connectivity index (χ4n) is 3.16. The largest absolute Gasteiger partial charge is 0.488 e. The molecule has 30 heavy (non-hydrogen) atoms. The molecule has 1 aliphatic rings. The molecule has 1 saturated heterocycles. The second-order valence-corrected chi connectivity index (χ2v) is 8.27. The highest BCUT2D eigenvalue weighted by Crippen LogP contribution is 2.24. The Hall–Kier alpha value is -1.39. The average molecular weight is 545 g/mol. The van der Waals surface area contributed by atoms with Gasteiger partial charge in [-0.15, -0.1) is 35.3 Å². The Labute approximate surface area is 200 Å². The summed E-state index contributed by atoms with van der Waals surface area (Å²) >= 11 is 1.73. The fraction of sp³-hybridized carbons (Fsp3) is 0.545. The van der Waals surface area contributed by atoms with E-state index in [9.17, 15) is 0 Å². The standard InChI is InChI=1S/C22H32N4O2S.HI/c1-4-23-22(24-10-5-6-21-26-17(3)15-29-21)25-13-18-8-7-16(2)12-20(18)28-19-9-11-27-14-19;/h7-8,12,15,19H,4-6,9-11,13-14H2,1-3H3,(H2,23,24,25);1H. The van der Waals surface area contributed by atoms with Crippen LogP contribution in [0.5, 0.6) is 5.75 Å². The predicted octanol–water partition coefficient (Wildman–Crippen LogP) is 4.23. The first kappa shape index (κ1) is 24.9. The zero-order valence-corrected chi connectivity index (χ0v) is 21.2. The topological polar surface area (TPSA) is 67.8 Å². The molecule has 2 heterocycles. The molecule has 8 heteroatoms. The van der Waals surface area contributed by atoms with Gasteiger partial charge in [0, 0.05) is 42.6 Å². The second kappa shape index (κ2) is 13.1. The molecule has 2 aromatic rings. The number of guanidine groups is 1. The Bertz CT molecular complexity index is 806. The first-order valence-electron chi connectivity index (χ1n) is 10.4. The van der Waals surface area contributed by atoms with Gasteiger partial charge in [-0.1, -0.05) is 12.1 Å². The molecular weight excluding hydrogens is 511 g/mol. The van der Waals surface area contributed by atoms with Crippen molar-refractivity contribution >= 4 is 41.3 Å². The summed E-state index contributed by atoms with van der Waals surface area (Å²) < 4.78 is 11.6. The molecular formula is C22H33IN4O2S. The highest BCUT2D eigenvalue weighted by molar-refractivity contribution is 14.0. The number of ether oxygens (including phenoxy) is 2. The number of hydrogen-bond acceptors (Lipinski definition) is 5. The maximum Gasteiger partial charge on any atom is 0.191 e. The zero-order chi connectivity index (χ0) is 20.5. The molecule has 166 valence electrons. The van der Waals surface area contributed by atoms with Gasteiger partial charge in [0.15, 0.2) is 5.96 Å². The van der Waals surface area contributed by atoms with Crippen molar-refractivity contribution < 1.29 is 9.47 Å². The Morgan fingerprint density at radius 2 is 2.20 bits per heavy atom. The van der Waals surface area contributed by atoms with Gasteiger partial charge in [-0.3, -0.25) is 0 Å². The molecule has 1 aromatic carbocycles. The van der Waals surface area contributed by atoms with Gasteiger partial charge in [0.05, 0.1) is 24.8 Å². The van der Waals surface area contributed by atoms with Crippen LogP contribution in [-0.2, 0) is 17.7 Å². The van der Waals surface area contributed by atoms with E-state index in [0.29, 0.717) is 13.2 Å². The Morgan fingerprint density at radius 3 is 2.90 bits per heavy atom. The van der Waals surface area contributed by atoms with Crippen LogP contribution < -0.4 is 15.4 Å². The molecule has 1 aromatic heterocycles. The molecule has 2 N–H and O–H groups in total. The minimum Gasteiger partial charge on any atom is -0.488 e. The first-order valence-corrected chi connectivity index (χ1v) is 11.3. The lowest BCUT2D eigenvalue weighted by Gasteiger charge is -2.16. The zero-order valence-electron chi connectivity index (χ0n) is 18.1. The summed E-state index contributed by atoms with van der Waals surface area (Å²) in [5.41, 5.74) is 3.39. The van der Waals surface area contributed by atoms with Gasteiger partial charge in [0.1, 0.15) is 11.9 Å². The maximum absolute atomic E-state index is 6.19. The molecule has 3 rings (SSSR count). The van der Waals surface area contributed by atoms with Crippen LogP contribution in [0.15, 0.2) is 28.6 Å². The van der Waals surface area contributed by atoms with Gasteiger partial charge in [0.2, 0.25) is 0 Å². The van der Waals surface area contributed by atoms with Gasteiger partial charge in [-0.05, 0) is 38.8 Å². The van der Waals surface area contributed by atoms with Crippen molar-refractivity contribution in [3.8, 4) is 5.75 Å². The molecule has 0 bridgehead atoms. The van der Waals surface area contributed by atoms with Crippen molar-refractivity contribution in [3.05, 3.63) is 45.4 Å². The van der Waals surface area contributed by atoms with Crippen LogP contribution in [0.3, 0.4) is 0 Å². The third-order valence-electron chi connectivity index (χ3n) is 4.68. The maximum atomic E-state index is 6.19. The molecule has 0 aliphatic carbocycles. The molecule has 0 saturated carbocycles. The summed E-state index contributed by atoms with van der Waals surface area (Å²) in [6.07, 6.45) is 3.10. The van der Waals surface area contributed by atoms with Crippen LogP contribution in [0.1, 0.15) is 41.6 Å². The van der Waals surface area contributed by atoms with Crippen LogP contribution >= 0.6 is 35.3 Å². The lowest BCUT2D eigenvalue weighted by molar-refractivity contribution is 0.140. The number of benzene rings is 1. The van der Waals surface area contributed by atoms with E-state index in [4.69, 9.17) is 14.5 Å². The molecule has 0 amide bonds. The van der Waals surface area contributed by atoms with Crippen molar-refractivity contribution in [2.75, 3.05) is 26.3 Å². The molecule has 0 radical (unpaired) electrons. The molecule has 6 nitrogen and oxygen atoms in total. The number of aromatic nitrogens is 1. The second-order valence-electron chi connectivity index (χ2n) is 7.32. The van der Waals surface area contributed by atoms with E-state index >= 15 is 0 Å². The van der Waals surface area contributed by atoms with E-state index in [2.05, 4.69) is 53.0 Å². The summed E-state index contributed by atoms with van der Waals surface area (Å²) in [4.78, 5) is 9.29. The lowest BCUT2D eigenvalue weighted by atomic mass is 10.1. The number of aryl methyl sites for hydroxylation is 3. The van der Waals surface area contributed by atoms with Crippen LogP contribution in [-0.4, -0.2) is 43.4 Å². The highest BCUT2D eigenvalue weighted by Gasteiger charge is 2.18. The smallest absolute Gasteiger partial charge is 0.191 e. The normalized spacial score (nSPS) is 16.2. The minimum absolute atomic E-state index is 0. The van der Waals surface area contributed by atoms with Crippen molar-refractivity contribution in [3.63, 3.8) is 0 Å². The van der Waals surface area contributed by atoms with Gasteiger partial charge in [-0.25, -0.2) is 9.98 Å². The van der Waals surface area contributed by atoms with E-state index in [1.807, 2.05) is 6.92 Å². The SMILES string of the molecule is CCNC(=NCc1ccc(C)cc1OC1CCOC1)NCCCc1nc(C)cs1.I. The number of hydrogen-bond donors (Lipinski definition) is 2. The van der Waals surface area contributed by atoms with Gasteiger partial charge >= 0.3 is 0 Å². The summed E-state index contributed by atoms with van der Waals surface area (Å²) in [7, 11) is 0. The van der Waals surface area contributed by atoms with Gasteiger partial charge in [-0.2, -0.15) is 0 Å². The van der Waals surface area contributed by atoms with Crippen LogP contribution in [0.25, 0.3) is 0 Å². The van der Waals surface area contributed by atoms with E-state index in [0.717, 1.165) is 61.9 Å². The minimum atomic E-state index is 0. The first-order chi connectivity index (χ1) is 14.1. The lowest BCUT2D eigenvalue weighted by Crippen LogP contribution is -2.37. The molecule has 1 fully saturated rings. The highest BCUT2D eigenvalue weighted by atomic mass is 127. The summed E-state index contributed by atoms with van der Waals surface area (Å²) in [5.74, 6) is 1.75. The van der Waals surface area contributed by atoms with E-state index < -0.39 is 0 Å². The van der Waals surface area contributed by atoms with Crippen molar-refractivity contribution in [1.29, 1.82) is 0 Å². The van der Waals surface area contributed by atoms with Gasteiger partial charge < -0.3 is 20.1 Å². The Kier molecular flexibility index (Phi) is 10.9. The number of halogens is 1. The van der Waals surface area contributed by atoms with E-state index in [1.54, 1.807) is 11.3 Å². The van der Waals surface area contributed by atoms with Crippen LogP contribution in [0, 0.1) is 13.8 Å². The molecule has 1 atom stereocenters. The third kappa shape index (κ3) is 8.03. The monoisotopic (exact) mass is 544 g/mol. The molecule has 0 spiro atoms. The number of nitrogens with zero attached hydrogens (tertiary/aromatic N) is 2. The summed E-state index contributed by atoms with van der Waals surface area (Å²) in [5, 5.41) is 10.1. The van der Waals surface area contributed by atoms with Crippen molar-refractivity contribution in [2.45, 2.75) is 52.7 Å². The Morgan fingerprint density at radius 1 is 1.33 bits per heavy atom. The average Bonchev–Trinajstić information content (AvgIpc) is 3.36.